The Kier molecular flexibility index (Phi) is 6.73. The number of aliphatic hydroxyl groups excluding tert-OH is 1. The van der Waals surface area contributed by atoms with Crippen molar-refractivity contribution < 1.29 is 14.7 Å². The fraction of sp³-hybridized carbons (Fsp3) is 0.500. The molecule has 166 valence electrons. The molecule has 1 aliphatic carbocycles. The van der Waals surface area contributed by atoms with E-state index in [4.69, 9.17) is 5.73 Å². The molecule has 2 amide bonds. The van der Waals surface area contributed by atoms with Crippen molar-refractivity contribution in [1.29, 1.82) is 0 Å². The van der Waals surface area contributed by atoms with Crippen LogP contribution in [0.15, 0.2) is 48.2 Å². The molecule has 31 heavy (non-hydrogen) atoms. The smallest absolute Gasteiger partial charge is 0.236 e. The molecule has 7 nitrogen and oxygen atoms in total. The Labute approximate surface area is 183 Å². The lowest BCUT2D eigenvalue weighted by Gasteiger charge is -2.33. The molecule has 2 fully saturated rings. The minimum absolute atomic E-state index is 0.00782. The molecule has 3 aliphatic rings. The molecule has 0 bridgehead atoms. The fourth-order valence-electron chi connectivity index (χ4n) is 4.66. The Balaban J connectivity index is 1.20. The summed E-state index contributed by atoms with van der Waals surface area (Å²) in [6, 6.07) is 8.07. The Morgan fingerprint density at radius 3 is 2.52 bits per heavy atom. The summed E-state index contributed by atoms with van der Waals surface area (Å²) in [5, 5.41) is 12.4. The van der Waals surface area contributed by atoms with Gasteiger partial charge in [0, 0.05) is 31.0 Å². The number of carbonyl (C=O) groups excluding carboxylic acids is 2. The number of rotatable bonds is 5. The van der Waals surface area contributed by atoms with Gasteiger partial charge in [0.15, 0.2) is 0 Å². The van der Waals surface area contributed by atoms with Crippen LogP contribution in [0.5, 0.6) is 0 Å². The molecule has 2 atom stereocenters. The summed E-state index contributed by atoms with van der Waals surface area (Å²) in [5.41, 5.74) is 8.60. The number of allylic oxidation sites excluding steroid dienone is 1. The van der Waals surface area contributed by atoms with Gasteiger partial charge in [-0.25, -0.2) is 0 Å². The molecule has 1 aromatic rings. The van der Waals surface area contributed by atoms with Crippen LogP contribution >= 0.6 is 0 Å². The van der Waals surface area contributed by atoms with E-state index in [-0.39, 0.29) is 17.7 Å². The lowest BCUT2D eigenvalue weighted by Crippen LogP contribution is -2.43. The van der Waals surface area contributed by atoms with E-state index >= 15 is 0 Å². The monoisotopic (exact) mass is 424 g/mol. The minimum atomic E-state index is -0.467. The lowest BCUT2D eigenvalue weighted by molar-refractivity contribution is -0.133. The van der Waals surface area contributed by atoms with Gasteiger partial charge in [-0.1, -0.05) is 24.3 Å². The zero-order valence-corrected chi connectivity index (χ0v) is 17.9. The van der Waals surface area contributed by atoms with E-state index in [9.17, 15) is 14.7 Å². The standard InChI is InChI=1S/C24H32N4O3/c25-20-3-1-17(2-4-20)18-10-13-28(14-11-18)23(30)16-27-12-9-19(15-27)24(31)26-21-5-7-22(29)8-6-21/h1-7,18-19,22,29H,8-16,25H2,(H,26,31). The number of hydrogen-bond acceptors (Lipinski definition) is 5. The highest BCUT2D eigenvalue weighted by molar-refractivity contribution is 5.82. The third-order valence-electron chi connectivity index (χ3n) is 6.60. The van der Waals surface area contributed by atoms with E-state index in [2.05, 4.69) is 22.3 Å². The molecule has 7 heteroatoms. The highest BCUT2D eigenvalue weighted by atomic mass is 16.3. The largest absolute Gasteiger partial charge is 0.399 e. The maximum Gasteiger partial charge on any atom is 0.236 e. The normalized spacial score (nSPS) is 24.8. The van der Waals surface area contributed by atoms with Gasteiger partial charge in [-0.15, -0.1) is 0 Å². The average Bonchev–Trinajstić information content (AvgIpc) is 3.25. The number of anilines is 1. The van der Waals surface area contributed by atoms with Crippen LogP contribution in [0.25, 0.3) is 0 Å². The second-order valence-corrected chi connectivity index (χ2v) is 8.85. The quantitative estimate of drug-likeness (QED) is 0.624. The molecule has 4 rings (SSSR count). The molecule has 0 saturated carbocycles. The molecule has 2 unspecified atom stereocenters. The summed E-state index contributed by atoms with van der Waals surface area (Å²) < 4.78 is 0. The van der Waals surface area contributed by atoms with Crippen molar-refractivity contribution in [3.8, 4) is 0 Å². The van der Waals surface area contributed by atoms with Crippen LogP contribution in [0, 0.1) is 5.92 Å². The number of nitrogens with two attached hydrogens (primary N) is 1. The summed E-state index contributed by atoms with van der Waals surface area (Å²) in [7, 11) is 0. The maximum absolute atomic E-state index is 12.8. The molecule has 2 saturated heterocycles. The van der Waals surface area contributed by atoms with Crippen molar-refractivity contribution in [2.45, 2.75) is 37.7 Å². The summed E-state index contributed by atoms with van der Waals surface area (Å²) in [6.45, 7) is 3.31. The van der Waals surface area contributed by atoms with Gasteiger partial charge in [0.05, 0.1) is 18.6 Å². The van der Waals surface area contributed by atoms with E-state index < -0.39 is 6.10 Å². The SMILES string of the molecule is Nc1ccc(C2CCN(C(=O)CN3CCC(C(=O)NC4=CCC(O)C=C4)C3)CC2)cc1. The Morgan fingerprint density at radius 2 is 1.84 bits per heavy atom. The summed E-state index contributed by atoms with van der Waals surface area (Å²) in [5.74, 6) is 0.522. The predicted molar refractivity (Wildman–Crippen MR) is 120 cm³/mol. The molecule has 0 aromatic heterocycles. The third kappa shape index (κ3) is 5.54. The van der Waals surface area contributed by atoms with Gasteiger partial charge in [0.25, 0.3) is 0 Å². The van der Waals surface area contributed by atoms with Crippen LogP contribution in [0.3, 0.4) is 0 Å². The first kappa shape index (κ1) is 21.6. The molecule has 4 N–H and O–H groups in total. The number of hydrogen-bond donors (Lipinski definition) is 3. The van der Waals surface area contributed by atoms with Crippen molar-refractivity contribution in [2.75, 3.05) is 38.5 Å². The van der Waals surface area contributed by atoms with Crippen molar-refractivity contribution >= 4 is 17.5 Å². The number of nitrogen functional groups attached to an aromatic ring is 1. The van der Waals surface area contributed by atoms with Crippen molar-refractivity contribution in [1.82, 2.24) is 15.1 Å². The minimum Gasteiger partial charge on any atom is -0.399 e. The molecule has 2 aliphatic heterocycles. The number of amides is 2. The van der Waals surface area contributed by atoms with Crippen LogP contribution in [-0.4, -0.2) is 65.5 Å². The second-order valence-electron chi connectivity index (χ2n) is 8.85. The van der Waals surface area contributed by atoms with E-state index in [1.165, 1.54) is 5.56 Å². The topological polar surface area (TPSA) is 98.9 Å². The molecular weight excluding hydrogens is 392 g/mol. The van der Waals surface area contributed by atoms with E-state index in [0.717, 1.165) is 50.3 Å². The van der Waals surface area contributed by atoms with Gasteiger partial charge in [0.2, 0.25) is 11.8 Å². The number of likely N-dealkylation sites (tertiary alicyclic amines) is 2. The first-order valence-corrected chi connectivity index (χ1v) is 11.2. The first-order valence-electron chi connectivity index (χ1n) is 11.2. The van der Waals surface area contributed by atoms with Crippen LogP contribution in [0.4, 0.5) is 5.69 Å². The summed E-state index contributed by atoms with van der Waals surface area (Å²) >= 11 is 0. The maximum atomic E-state index is 12.8. The van der Waals surface area contributed by atoms with Gasteiger partial charge >= 0.3 is 0 Å². The molecule has 2 heterocycles. The van der Waals surface area contributed by atoms with Gasteiger partial charge in [-0.3, -0.25) is 14.5 Å². The number of nitrogens with zero attached hydrogens (tertiary/aromatic N) is 2. The van der Waals surface area contributed by atoms with Crippen molar-refractivity contribution in [3.05, 3.63) is 53.8 Å². The van der Waals surface area contributed by atoms with Gasteiger partial charge in [-0.2, -0.15) is 0 Å². The van der Waals surface area contributed by atoms with Gasteiger partial charge in [-0.05, 0) is 61.9 Å². The highest BCUT2D eigenvalue weighted by Crippen LogP contribution is 2.28. The zero-order valence-electron chi connectivity index (χ0n) is 17.9. The number of carbonyl (C=O) groups is 2. The summed E-state index contributed by atoms with van der Waals surface area (Å²) in [6.07, 6.45) is 8.03. The predicted octanol–water partition coefficient (Wildman–Crippen LogP) is 1.62. The van der Waals surface area contributed by atoms with Crippen molar-refractivity contribution in [2.24, 2.45) is 5.92 Å². The lowest BCUT2D eigenvalue weighted by atomic mass is 9.89. The van der Waals surface area contributed by atoms with E-state index in [0.29, 0.717) is 25.4 Å². The Bertz CT molecular complexity index is 856. The molecule has 1 aromatic carbocycles. The van der Waals surface area contributed by atoms with E-state index in [1.807, 2.05) is 23.1 Å². The van der Waals surface area contributed by atoms with Crippen molar-refractivity contribution in [3.63, 3.8) is 0 Å². The van der Waals surface area contributed by atoms with Crippen LogP contribution in [0.2, 0.25) is 0 Å². The number of piperidine rings is 1. The number of nitrogens with one attached hydrogen (secondary N) is 1. The molecule has 0 spiro atoms. The highest BCUT2D eigenvalue weighted by Gasteiger charge is 2.31. The number of aliphatic hydroxyl groups is 1. The van der Waals surface area contributed by atoms with Crippen LogP contribution in [-0.2, 0) is 9.59 Å². The molecule has 0 radical (unpaired) electrons. The van der Waals surface area contributed by atoms with Gasteiger partial charge in [0.1, 0.15) is 0 Å². The summed E-state index contributed by atoms with van der Waals surface area (Å²) in [4.78, 5) is 29.4. The Morgan fingerprint density at radius 1 is 1.10 bits per heavy atom. The second kappa shape index (κ2) is 9.66. The van der Waals surface area contributed by atoms with Crippen LogP contribution in [0.1, 0.15) is 37.2 Å². The first-order chi connectivity index (χ1) is 15.0. The average molecular weight is 425 g/mol. The van der Waals surface area contributed by atoms with Gasteiger partial charge < -0.3 is 21.1 Å². The zero-order chi connectivity index (χ0) is 21.8. The van der Waals surface area contributed by atoms with E-state index in [1.54, 1.807) is 12.2 Å². The number of benzene rings is 1. The van der Waals surface area contributed by atoms with Crippen LogP contribution < -0.4 is 11.1 Å². The third-order valence-corrected chi connectivity index (χ3v) is 6.60. The Hall–Kier alpha value is -2.64. The molecular formula is C24H32N4O3. The fourth-order valence-corrected chi connectivity index (χ4v) is 4.66.